The van der Waals surface area contributed by atoms with Crippen LogP contribution in [0.4, 0.5) is 0 Å². The molecule has 0 bridgehead atoms. The van der Waals surface area contributed by atoms with E-state index < -0.39 is 10.0 Å². The summed E-state index contributed by atoms with van der Waals surface area (Å²) in [5.74, 6) is 0. The molecule has 1 unspecified atom stereocenters. The van der Waals surface area contributed by atoms with Crippen molar-refractivity contribution >= 4 is 21.6 Å². The predicted octanol–water partition coefficient (Wildman–Crippen LogP) is 2.50. The molecule has 3 rings (SSSR count). The Labute approximate surface area is 134 Å². The lowest BCUT2D eigenvalue weighted by Gasteiger charge is -2.32. The zero-order chi connectivity index (χ0) is 15.6. The molecule has 0 spiro atoms. The van der Waals surface area contributed by atoms with Crippen molar-refractivity contribution in [1.29, 1.82) is 0 Å². The molecule has 22 heavy (non-hydrogen) atoms. The maximum Gasteiger partial charge on any atom is 0.244 e. The van der Waals surface area contributed by atoms with Gasteiger partial charge in [-0.15, -0.1) is 0 Å². The van der Waals surface area contributed by atoms with Crippen molar-refractivity contribution in [3.8, 4) is 0 Å². The van der Waals surface area contributed by atoms with Gasteiger partial charge in [0.15, 0.2) is 0 Å². The van der Waals surface area contributed by atoms with Crippen molar-refractivity contribution in [2.45, 2.75) is 11.0 Å². The number of benzene rings is 1. The van der Waals surface area contributed by atoms with Gasteiger partial charge in [-0.3, -0.25) is 4.98 Å². The zero-order valence-electron chi connectivity index (χ0n) is 11.7. The summed E-state index contributed by atoms with van der Waals surface area (Å²) >= 11 is 5.88. The SMILES string of the molecule is O=S(=O)(c1cccnc1)N1CCOC(c2ccc(Cl)cc2)C1. The normalized spacial score (nSPS) is 20.0. The number of rotatable bonds is 3. The van der Waals surface area contributed by atoms with Crippen LogP contribution in [0.2, 0.25) is 5.02 Å². The van der Waals surface area contributed by atoms with Crippen LogP contribution in [0.5, 0.6) is 0 Å². The minimum atomic E-state index is -3.55. The molecule has 1 aromatic heterocycles. The lowest BCUT2D eigenvalue weighted by molar-refractivity contribution is -0.00255. The Morgan fingerprint density at radius 3 is 2.68 bits per heavy atom. The molecule has 1 fully saturated rings. The third-order valence-electron chi connectivity index (χ3n) is 3.54. The number of sulfonamides is 1. The predicted molar refractivity (Wildman–Crippen MR) is 83.1 cm³/mol. The molecule has 0 amide bonds. The molecule has 1 aromatic carbocycles. The highest BCUT2D eigenvalue weighted by molar-refractivity contribution is 7.89. The Kier molecular flexibility index (Phi) is 4.44. The van der Waals surface area contributed by atoms with Crippen LogP contribution in [0.25, 0.3) is 0 Å². The molecular formula is C15H15ClN2O3S. The first-order chi connectivity index (χ1) is 10.6. The van der Waals surface area contributed by atoms with Gasteiger partial charge in [0, 0.05) is 30.5 Å². The second-order valence-corrected chi connectivity index (χ2v) is 7.34. The molecule has 0 aliphatic carbocycles. The Hall–Kier alpha value is -1.47. The van der Waals surface area contributed by atoms with Gasteiger partial charge in [0.1, 0.15) is 4.90 Å². The lowest BCUT2D eigenvalue weighted by atomic mass is 10.1. The molecule has 2 heterocycles. The quantitative estimate of drug-likeness (QED) is 0.862. The molecule has 1 aliphatic rings. The van der Waals surface area contributed by atoms with E-state index in [-0.39, 0.29) is 17.5 Å². The van der Waals surface area contributed by atoms with Crippen LogP contribution in [0.3, 0.4) is 0 Å². The summed E-state index contributed by atoms with van der Waals surface area (Å²) < 4.78 is 32.4. The van der Waals surface area contributed by atoms with E-state index in [9.17, 15) is 8.42 Å². The van der Waals surface area contributed by atoms with Crippen molar-refractivity contribution < 1.29 is 13.2 Å². The van der Waals surface area contributed by atoms with Crippen LogP contribution in [0.1, 0.15) is 11.7 Å². The molecule has 0 N–H and O–H groups in total. The van der Waals surface area contributed by atoms with Gasteiger partial charge in [0.2, 0.25) is 10.0 Å². The largest absolute Gasteiger partial charge is 0.371 e. The molecule has 0 radical (unpaired) electrons. The fourth-order valence-corrected chi connectivity index (χ4v) is 3.89. The van der Waals surface area contributed by atoms with Crippen molar-refractivity contribution in [3.63, 3.8) is 0 Å². The highest BCUT2D eigenvalue weighted by Gasteiger charge is 2.31. The summed E-state index contributed by atoms with van der Waals surface area (Å²) in [5.41, 5.74) is 0.912. The number of hydrogen-bond acceptors (Lipinski definition) is 4. The maximum absolute atomic E-state index is 12.6. The van der Waals surface area contributed by atoms with Crippen LogP contribution < -0.4 is 0 Å². The molecule has 5 nitrogen and oxygen atoms in total. The van der Waals surface area contributed by atoms with Gasteiger partial charge in [0.25, 0.3) is 0 Å². The molecular weight excluding hydrogens is 324 g/mol. The fourth-order valence-electron chi connectivity index (χ4n) is 2.37. The van der Waals surface area contributed by atoms with Gasteiger partial charge in [-0.25, -0.2) is 8.42 Å². The number of ether oxygens (including phenoxy) is 1. The third kappa shape index (κ3) is 3.15. The minimum absolute atomic E-state index is 0.201. The van der Waals surface area contributed by atoms with Crippen molar-refractivity contribution in [2.75, 3.05) is 19.7 Å². The zero-order valence-corrected chi connectivity index (χ0v) is 13.3. The fraction of sp³-hybridized carbons (Fsp3) is 0.267. The number of halogens is 1. The van der Waals surface area contributed by atoms with Gasteiger partial charge in [-0.1, -0.05) is 23.7 Å². The number of pyridine rings is 1. The number of hydrogen-bond donors (Lipinski definition) is 0. The average Bonchev–Trinajstić information content (AvgIpc) is 2.56. The summed E-state index contributed by atoms with van der Waals surface area (Å²) in [4.78, 5) is 4.08. The topological polar surface area (TPSA) is 59.5 Å². The Morgan fingerprint density at radius 2 is 2.00 bits per heavy atom. The highest BCUT2D eigenvalue weighted by atomic mass is 35.5. The molecule has 1 atom stereocenters. The van der Waals surface area contributed by atoms with E-state index in [2.05, 4.69) is 4.98 Å². The smallest absolute Gasteiger partial charge is 0.244 e. The summed E-state index contributed by atoms with van der Waals surface area (Å²) in [5, 5.41) is 0.638. The molecule has 1 aliphatic heterocycles. The molecule has 0 saturated carbocycles. The highest BCUT2D eigenvalue weighted by Crippen LogP contribution is 2.27. The summed E-state index contributed by atoms with van der Waals surface area (Å²) in [6, 6.07) is 10.4. The average molecular weight is 339 g/mol. The summed E-state index contributed by atoms with van der Waals surface area (Å²) in [6.07, 6.45) is 2.62. The van der Waals surface area contributed by atoms with E-state index in [4.69, 9.17) is 16.3 Å². The Balaban J connectivity index is 1.82. The first kappa shape index (κ1) is 15.4. The number of morpholine rings is 1. The van der Waals surface area contributed by atoms with Gasteiger partial charge >= 0.3 is 0 Å². The summed E-state index contributed by atoms with van der Waals surface area (Å²) in [7, 11) is -3.55. The third-order valence-corrected chi connectivity index (χ3v) is 5.64. The lowest BCUT2D eigenvalue weighted by Crippen LogP contribution is -2.42. The van der Waals surface area contributed by atoms with Crippen LogP contribution in [0, 0.1) is 0 Å². The van der Waals surface area contributed by atoms with Crippen molar-refractivity contribution in [2.24, 2.45) is 0 Å². The van der Waals surface area contributed by atoms with Gasteiger partial charge in [-0.05, 0) is 29.8 Å². The van der Waals surface area contributed by atoms with Crippen LogP contribution in [-0.2, 0) is 14.8 Å². The van der Waals surface area contributed by atoms with E-state index in [0.29, 0.717) is 18.2 Å². The second-order valence-electron chi connectivity index (χ2n) is 4.96. The summed E-state index contributed by atoms with van der Waals surface area (Å²) in [6.45, 7) is 0.965. The minimum Gasteiger partial charge on any atom is -0.371 e. The first-order valence-electron chi connectivity index (χ1n) is 6.84. The van der Waals surface area contributed by atoms with Gasteiger partial charge in [-0.2, -0.15) is 4.31 Å². The standard InChI is InChI=1S/C15H15ClN2O3S/c16-13-5-3-12(4-6-13)15-11-18(8-9-21-15)22(19,20)14-2-1-7-17-10-14/h1-7,10,15H,8-9,11H2. The number of nitrogens with zero attached hydrogens (tertiary/aromatic N) is 2. The monoisotopic (exact) mass is 338 g/mol. The van der Waals surface area contributed by atoms with Crippen LogP contribution in [0.15, 0.2) is 53.7 Å². The van der Waals surface area contributed by atoms with E-state index in [0.717, 1.165) is 5.56 Å². The van der Waals surface area contributed by atoms with Crippen molar-refractivity contribution in [1.82, 2.24) is 9.29 Å². The van der Waals surface area contributed by atoms with Crippen LogP contribution in [-0.4, -0.2) is 37.4 Å². The maximum atomic E-state index is 12.6. The van der Waals surface area contributed by atoms with E-state index in [1.165, 1.54) is 10.5 Å². The van der Waals surface area contributed by atoms with Gasteiger partial charge in [0.05, 0.1) is 12.7 Å². The first-order valence-corrected chi connectivity index (χ1v) is 8.66. The van der Waals surface area contributed by atoms with E-state index in [1.807, 2.05) is 12.1 Å². The van der Waals surface area contributed by atoms with E-state index >= 15 is 0 Å². The number of aromatic nitrogens is 1. The van der Waals surface area contributed by atoms with Crippen LogP contribution >= 0.6 is 11.6 Å². The Bertz CT molecular complexity index is 735. The van der Waals surface area contributed by atoms with Gasteiger partial charge < -0.3 is 4.74 Å². The molecule has 7 heteroatoms. The van der Waals surface area contributed by atoms with E-state index in [1.54, 1.807) is 30.5 Å². The second kappa shape index (κ2) is 6.34. The Morgan fingerprint density at radius 1 is 1.23 bits per heavy atom. The molecule has 2 aromatic rings. The molecule has 116 valence electrons. The van der Waals surface area contributed by atoms with Crippen molar-refractivity contribution in [3.05, 3.63) is 59.4 Å². The molecule has 1 saturated heterocycles.